The van der Waals surface area contributed by atoms with Gasteiger partial charge >= 0.3 is 5.97 Å². The third kappa shape index (κ3) is 3.49. The lowest BCUT2D eigenvalue weighted by atomic mass is 9.86. The zero-order chi connectivity index (χ0) is 14.3. The van der Waals surface area contributed by atoms with E-state index in [4.69, 9.17) is 16.7 Å². The summed E-state index contributed by atoms with van der Waals surface area (Å²) in [6.45, 7) is 1.20. The van der Waals surface area contributed by atoms with E-state index >= 15 is 0 Å². The molecule has 0 spiro atoms. The molecule has 6 N–H and O–H groups in total. The number of aliphatic hydroxyl groups excluding tert-OH is 1. The molecule has 18 heavy (non-hydrogen) atoms. The number of esters is 1. The molecule has 0 saturated heterocycles. The molecule has 0 aromatic heterocycles. The highest BCUT2D eigenvalue weighted by Gasteiger charge is 2.46. The number of methoxy groups -OCH3 is 1. The molecule has 8 heteroatoms. The van der Waals surface area contributed by atoms with Gasteiger partial charge in [0.1, 0.15) is 0 Å². The van der Waals surface area contributed by atoms with Crippen molar-refractivity contribution >= 4 is 17.5 Å². The van der Waals surface area contributed by atoms with Crippen LogP contribution in [-0.2, 0) is 14.3 Å². The van der Waals surface area contributed by atoms with Crippen LogP contribution >= 0.6 is 0 Å². The lowest BCUT2D eigenvalue weighted by molar-refractivity contribution is -0.156. The quantitative estimate of drug-likeness (QED) is 0.141. The van der Waals surface area contributed by atoms with Crippen LogP contribution in [0.15, 0.2) is 5.16 Å². The first-order valence-electron chi connectivity index (χ1n) is 5.33. The van der Waals surface area contributed by atoms with Gasteiger partial charge in [0.15, 0.2) is 11.3 Å². The number of rotatable bonds is 7. The zero-order valence-electron chi connectivity index (χ0n) is 10.4. The number of hydrogen-bond acceptors (Lipinski definition) is 8. The molecule has 104 valence electrons. The predicted molar refractivity (Wildman–Crippen MR) is 63.1 cm³/mol. The van der Waals surface area contributed by atoms with Crippen LogP contribution in [0.2, 0.25) is 0 Å². The number of hydrogen-bond donors (Lipinski definition) is 4. The Hall–Kier alpha value is -1.51. The summed E-state index contributed by atoms with van der Waals surface area (Å²) in [4.78, 5) is 23.3. The topological polar surface area (TPSA) is 148 Å². The highest BCUT2D eigenvalue weighted by atomic mass is 16.5. The van der Waals surface area contributed by atoms with Crippen molar-refractivity contribution in [2.24, 2.45) is 16.6 Å². The Morgan fingerprint density at radius 3 is 2.33 bits per heavy atom. The second-order valence-electron chi connectivity index (χ2n) is 3.83. The van der Waals surface area contributed by atoms with Crippen LogP contribution < -0.4 is 11.5 Å². The van der Waals surface area contributed by atoms with Gasteiger partial charge < -0.3 is 26.5 Å². The van der Waals surface area contributed by atoms with Gasteiger partial charge in [-0.25, -0.2) is 4.79 Å². The number of nitrogens with two attached hydrogens (primary N) is 2. The first-order valence-corrected chi connectivity index (χ1v) is 5.33. The molecule has 0 radical (unpaired) electrons. The molecule has 2 unspecified atom stereocenters. The van der Waals surface area contributed by atoms with Gasteiger partial charge in [0, 0.05) is 13.0 Å². The van der Waals surface area contributed by atoms with Gasteiger partial charge in [-0.3, -0.25) is 4.79 Å². The minimum Gasteiger partial charge on any atom is -0.467 e. The summed E-state index contributed by atoms with van der Waals surface area (Å²) in [6, 6.07) is 0. The largest absolute Gasteiger partial charge is 0.467 e. The summed E-state index contributed by atoms with van der Waals surface area (Å²) in [5.74, 6) is -1.73. The van der Waals surface area contributed by atoms with Crippen molar-refractivity contribution in [2.45, 2.75) is 31.4 Å². The van der Waals surface area contributed by atoms with E-state index in [2.05, 4.69) is 9.89 Å². The average molecular weight is 261 g/mol. The van der Waals surface area contributed by atoms with Crippen LogP contribution in [-0.4, -0.2) is 53.1 Å². The molecule has 0 fully saturated rings. The third-order valence-electron chi connectivity index (χ3n) is 2.66. The van der Waals surface area contributed by atoms with Gasteiger partial charge in [-0.1, -0.05) is 5.16 Å². The predicted octanol–water partition coefficient (Wildman–Crippen LogP) is -1.62. The number of carbonyl (C=O) groups excluding carboxylic acids is 2. The maximum Gasteiger partial charge on any atom is 0.336 e. The Balaban J connectivity index is 4.85. The number of aliphatic hydroxyl groups is 1. The van der Waals surface area contributed by atoms with Crippen LogP contribution in [0.1, 0.15) is 19.8 Å². The summed E-state index contributed by atoms with van der Waals surface area (Å²) in [7, 11) is 1.07. The molecule has 0 rings (SSSR count). The highest BCUT2D eigenvalue weighted by Crippen LogP contribution is 2.15. The van der Waals surface area contributed by atoms with Crippen LogP contribution in [0.4, 0.5) is 0 Å². The number of ketones is 1. The van der Waals surface area contributed by atoms with Gasteiger partial charge in [0.05, 0.1) is 18.9 Å². The van der Waals surface area contributed by atoms with Crippen LogP contribution in [0.5, 0.6) is 0 Å². The fourth-order valence-corrected chi connectivity index (χ4v) is 1.34. The number of Topliss-reactive ketones (excluding diaryl/α,β-unsaturated/α-hetero) is 1. The molecule has 0 aromatic rings. The number of nitrogens with zero attached hydrogens (tertiary/aromatic N) is 1. The standard InChI is InChI=1S/C10H19N3O5/c1-6(14)10(12,9(16)18-2)8(15)4-3-7(5-11)13-17/h6,14,17H,3-5,11-12H2,1-2H3. The SMILES string of the molecule is COC(=O)C(N)(C(=O)CCC(CN)=NO)C(C)O. The molecular formula is C10H19N3O5. The Labute approximate surface area is 105 Å². The summed E-state index contributed by atoms with van der Waals surface area (Å²) in [5.41, 5.74) is 8.92. The first kappa shape index (κ1) is 16.5. The van der Waals surface area contributed by atoms with E-state index in [0.717, 1.165) is 7.11 Å². The average Bonchev–Trinajstić information content (AvgIpc) is 2.37. The van der Waals surface area contributed by atoms with Crippen molar-refractivity contribution in [1.29, 1.82) is 0 Å². The van der Waals surface area contributed by atoms with Gasteiger partial charge in [-0.05, 0) is 13.3 Å². The monoisotopic (exact) mass is 261 g/mol. The molecule has 0 aliphatic carbocycles. The van der Waals surface area contributed by atoms with Crippen molar-refractivity contribution in [2.75, 3.05) is 13.7 Å². The Morgan fingerprint density at radius 2 is 2.00 bits per heavy atom. The molecular weight excluding hydrogens is 242 g/mol. The second kappa shape index (κ2) is 7.04. The summed E-state index contributed by atoms with van der Waals surface area (Å²) < 4.78 is 4.41. The molecule has 0 saturated carbocycles. The van der Waals surface area contributed by atoms with Gasteiger partial charge in [0.2, 0.25) is 0 Å². The van der Waals surface area contributed by atoms with Crippen molar-refractivity contribution in [1.82, 2.24) is 0 Å². The Bertz CT molecular complexity index is 342. The van der Waals surface area contributed by atoms with E-state index in [1.165, 1.54) is 6.92 Å². The summed E-state index contributed by atoms with van der Waals surface area (Å²) in [6.07, 6.45) is -1.54. The molecule has 8 nitrogen and oxygen atoms in total. The second-order valence-corrected chi connectivity index (χ2v) is 3.83. The maximum absolute atomic E-state index is 11.9. The minimum absolute atomic E-state index is 0.0196. The van der Waals surface area contributed by atoms with Crippen molar-refractivity contribution < 1.29 is 24.6 Å². The van der Waals surface area contributed by atoms with Gasteiger partial charge in [-0.15, -0.1) is 0 Å². The van der Waals surface area contributed by atoms with Crippen molar-refractivity contribution in [3.8, 4) is 0 Å². The van der Waals surface area contributed by atoms with E-state index in [9.17, 15) is 14.7 Å². The fourth-order valence-electron chi connectivity index (χ4n) is 1.34. The van der Waals surface area contributed by atoms with Gasteiger partial charge in [-0.2, -0.15) is 0 Å². The zero-order valence-corrected chi connectivity index (χ0v) is 10.4. The third-order valence-corrected chi connectivity index (χ3v) is 2.66. The normalized spacial score (nSPS) is 16.8. The maximum atomic E-state index is 11.9. The van der Waals surface area contributed by atoms with E-state index in [1.54, 1.807) is 0 Å². The van der Waals surface area contributed by atoms with E-state index in [0.29, 0.717) is 0 Å². The molecule has 0 aromatic carbocycles. The Kier molecular flexibility index (Phi) is 6.45. The van der Waals surface area contributed by atoms with Crippen LogP contribution in [0.25, 0.3) is 0 Å². The minimum atomic E-state index is -2.12. The number of carbonyl (C=O) groups is 2. The summed E-state index contributed by atoms with van der Waals surface area (Å²) >= 11 is 0. The number of oxime groups is 1. The molecule has 0 aliphatic heterocycles. The molecule has 2 atom stereocenters. The lowest BCUT2D eigenvalue weighted by Gasteiger charge is -2.27. The van der Waals surface area contributed by atoms with Crippen molar-refractivity contribution in [3.63, 3.8) is 0 Å². The molecule has 0 amide bonds. The van der Waals surface area contributed by atoms with E-state index in [-0.39, 0.29) is 25.1 Å². The fraction of sp³-hybridized carbons (Fsp3) is 0.700. The molecule has 0 aliphatic rings. The molecule has 0 bridgehead atoms. The van der Waals surface area contributed by atoms with E-state index in [1.807, 2.05) is 0 Å². The first-order chi connectivity index (χ1) is 8.34. The molecule has 0 heterocycles. The van der Waals surface area contributed by atoms with E-state index < -0.39 is 23.4 Å². The highest BCUT2D eigenvalue weighted by molar-refractivity contribution is 6.09. The van der Waals surface area contributed by atoms with Gasteiger partial charge in [0.25, 0.3) is 0 Å². The van der Waals surface area contributed by atoms with Crippen LogP contribution in [0.3, 0.4) is 0 Å². The Morgan fingerprint density at radius 1 is 1.44 bits per heavy atom. The van der Waals surface area contributed by atoms with Crippen LogP contribution in [0, 0.1) is 0 Å². The van der Waals surface area contributed by atoms with Crippen molar-refractivity contribution in [3.05, 3.63) is 0 Å². The lowest BCUT2D eigenvalue weighted by Crippen LogP contribution is -2.62. The number of ether oxygens (including phenoxy) is 1. The summed E-state index contributed by atoms with van der Waals surface area (Å²) in [5, 5.41) is 20.9. The smallest absolute Gasteiger partial charge is 0.336 e.